The number of rotatable bonds is 2. The quantitative estimate of drug-likeness (QED) is 0.657. The van der Waals surface area contributed by atoms with Crippen molar-refractivity contribution in [3.63, 3.8) is 0 Å². The Labute approximate surface area is 111 Å². The molecule has 3 aromatic rings. The number of aromatic nitrogens is 4. The van der Waals surface area contributed by atoms with E-state index < -0.39 is 5.91 Å². The number of carbonyl (C=O) groups is 1. The summed E-state index contributed by atoms with van der Waals surface area (Å²) in [4.78, 5) is 16.3. The molecule has 96 valence electrons. The summed E-state index contributed by atoms with van der Waals surface area (Å²) in [5.74, 6) is -0.363. The fourth-order valence-corrected chi connectivity index (χ4v) is 2.64. The number of carbonyl (C=O) groups excluding carboxylic acids is 1. The molecule has 0 bridgehead atoms. The number of hydrogen-bond acceptors (Lipinski definition) is 6. The summed E-state index contributed by atoms with van der Waals surface area (Å²) < 4.78 is 1.02. The Bertz CT molecular complexity index is 761. The first kappa shape index (κ1) is 11.6. The molecule has 0 saturated heterocycles. The third kappa shape index (κ3) is 2.02. The van der Waals surface area contributed by atoms with Crippen molar-refractivity contribution in [1.29, 1.82) is 0 Å². The van der Waals surface area contributed by atoms with Gasteiger partial charge in [-0.25, -0.2) is 4.98 Å². The second-order valence-corrected chi connectivity index (χ2v) is 4.98. The van der Waals surface area contributed by atoms with E-state index in [1.807, 2.05) is 25.1 Å². The molecule has 1 aromatic carbocycles. The molecule has 3 rings (SSSR count). The Hall–Kier alpha value is -2.48. The standard InChI is InChI=1S/C11H10N6OS/c1-5-3-2-4-6-7(5)13-11(19-6)14-10(18)8-9(12)16-17-15-8/h2-4H,1H3,(H,13,14,18)(H3,12,15,16,17). The minimum Gasteiger partial charge on any atom is -0.380 e. The first-order chi connectivity index (χ1) is 9.15. The van der Waals surface area contributed by atoms with Gasteiger partial charge in [0.15, 0.2) is 16.6 Å². The number of nitrogens with one attached hydrogen (secondary N) is 2. The molecule has 0 aliphatic rings. The molecule has 0 unspecified atom stereocenters. The molecule has 19 heavy (non-hydrogen) atoms. The average molecular weight is 274 g/mol. The third-order valence-electron chi connectivity index (χ3n) is 2.63. The summed E-state index contributed by atoms with van der Waals surface area (Å²) in [6.07, 6.45) is 0. The molecule has 7 nitrogen and oxygen atoms in total. The minimum absolute atomic E-state index is 0.0646. The van der Waals surface area contributed by atoms with E-state index in [1.54, 1.807) is 0 Å². The number of para-hydroxylation sites is 1. The van der Waals surface area contributed by atoms with Gasteiger partial charge in [0.1, 0.15) is 0 Å². The maximum Gasteiger partial charge on any atom is 0.281 e. The van der Waals surface area contributed by atoms with Gasteiger partial charge in [0.2, 0.25) is 0 Å². The fourth-order valence-electron chi connectivity index (χ4n) is 1.70. The number of thiazole rings is 1. The molecule has 2 aromatic heterocycles. The normalized spacial score (nSPS) is 10.8. The Morgan fingerprint density at radius 2 is 2.26 bits per heavy atom. The van der Waals surface area contributed by atoms with Gasteiger partial charge in [-0.3, -0.25) is 10.1 Å². The van der Waals surface area contributed by atoms with Crippen molar-refractivity contribution in [2.45, 2.75) is 6.92 Å². The second-order valence-electron chi connectivity index (χ2n) is 3.95. The van der Waals surface area contributed by atoms with Crippen LogP contribution in [0.3, 0.4) is 0 Å². The first-order valence-electron chi connectivity index (χ1n) is 5.49. The molecule has 0 radical (unpaired) electrons. The highest BCUT2D eigenvalue weighted by molar-refractivity contribution is 7.22. The molecule has 2 heterocycles. The molecule has 1 amide bonds. The molecule has 0 atom stereocenters. The molecule has 8 heteroatoms. The number of anilines is 2. The first-order valence-corrected chi connectivity index (χ1v) is 6.30. The summed E-state index contributed by atoms with van der Waals surface area (Å²) in [7, 11) is 0. The van der Waals surface area contributed by atoms with Crippen LogP contribution in [-0.4, -0.2) is 26.3 Å². The van der Waals surface area contributed by atoms with Gasteiger partial charge in [-0.15, -0.1) is 10.2 Å². The van der Waals surface area contributed by atoms with Gasteiger partial charge in [0.25, 0.3) is 5.91 Å². The van der Waals surface area contributed by atoms with Crippen LogP contribution in [0.4, 0.5) is 10.9 Å². The number of amides is 1. The number of nitrogens with zero attached hydrogens (tertiary/aromatic N) is 3. The van der Waals surface area contributed by atoms with Crippen molar-refractivity contribution < 1.29 is 4.79 Å². The SMILES string of the molecule is Cc1cccc2sc(NC(=O)c3n[nH]nc3N)nc12. The number of nitrogen functional groups attached to an aromatic ring is 1. The van der Waals surface area contributed by atoms with Gasteiger partial charge >= 0.3 is 0 Å². The van der Waals surface area contributed by atoms with E-state index in [0.29, 0.717) is 5.13 Å². The lowest BCUT2D eigenvalue weighted by atomic mass is 10.2. The molecule has 0 saturated carbocycles. The van der Waals surface area contributed by atoms with Crippen LogP contribution < -0.4 is 11.1 Å². The van der Waals surface area contributed by atoms with Gasteiger partial charge in [0.05, 0.1) is 10.2 Å². The number of fused-ring (bicyclic) bond motifs is 1. The number of H-pyrrole nitrogens is 1. The Kier molecular flexibility index (Phi) is 2.64. The van der Waals surface area contributed by atoms with E-state index in [4.69, 9.17) is 5.73 Å². The highest BCUT2D eigenvalue weighted by Crippen LogP contribution is 2.28. The monoisotopic (exact) mass is 274 g/mol. The lowest BCUT2D eigenvalue weighted by Crippen LogP contribution is -2.14. The number of aryl methyl sites for hydroxylation is 1. The van der Waals surface area contributed by atoms with Crippen LogP contribution >= 0.6 is 11.3 Å². The average Bonchev–Trinajstić information content (AvgIpc) is 2.95. The second kappa shape index (κ2) is 4.32. The number of benzene rings is 1. The zero-order valence-electron chi connectivity index (χ0n) is 9.97. The predicted octanol–water partition coefficient (Wildman–Crippen LogP) is 1.56. The lowest BCUT2D eigenvalue weighted by molar-refractivity contribution is 0.102. The van der Waals surface area contributed by atoms with Crippen molar-refractivity contribution in [1.82, 2.24) is 20.4 Å². The summed E-state index contributed by atoms with van der Waals surface area (Å²) >= 11 is 1.40. The Morgan fingerprint density at radius 1 is 1.42 bits per heavy atom. The smallest absolute Gasteiger partial charge is 0.281 e. The van der Waals surface area contributed by atoms with E-state index in [2.05, 4.69) is 25.7 Å². The van der Waals surface area contributed by atoms with Gasteiger partial charge in [-0.05, 0) is 18.6 Å². The van der Waals surface area contributed by atoms with E-state index in [1.165, 1.54) is 11.3 Å². The molecule has 4 N–H and O–H groups in total. The van der Waals surface area contributed by atoms with Crippen molar-refractivity contribution in [2.24, 2.45) is 0 Å². The number of aromatic amines is 1. The maximum atomic E-state index is 11.9. The van der Waals surface area contributed by atoms with E-state index in [9.17, 15) is 4.79 Å². The largest absolute Gasteiger partial charge is 0.380 e. The number of hydrogen-bond donors (Lipinski definition) is 3. The molecule has 0 aliphatic heterocycles. The van der Waals surface area contributed by atoms with Gasteiger partial charge in [-0.1, -0.05) is 23.5 Å². The van der Waals surface area contributed by atoms with Crippen molar-refractivity contribution in [2.75, 3.05) is 11.1 Å². The van der Waals surface area contributed by atoms with E-state index in [0.717, 1.165) is 15.8 Å². The lowest BCUT2D eigenvalue weighted by Gasteiger charge is -1.97. The number of nitrogens with two attached hydrogens (primary N) is 1. The maximum absolute atomic E-state index is 11.9. The summed E-state index contributed by atoms with van der Waals surface area (Å²) in [5.41, 5.74) is 7.53. The fraction of sp³-hybridized carbons (Fsp3) is 0.0909. The van der Waals surface area contributed by atoms with E-state index in [-0.39, 0.29) is 11.5 Å². The summed E-state index contributed by atoms with van der Waals surface area (Å²) in [5, 5.41) is 12.8. The summed E-state index contributed by atoms with van der Waals surface area (Å²) in [6, 6.07) is 5.89. The Balaban J connectivity index is 1.92. The van der Waals surface area contributed by atoms with Crippen molar-refractivity contribution >= 4 is 38.4 Å². The van der Waals surface area contributed by atoms with Crippen LogP contribution in [0.15, 0.2) is 18.2 Å². The van der Waals surface area contributed by atoms with Crippen LogP contribution in [0.5, 0.6) is 0 Å². The van der Waals surface area contributed by atoms with Gasteiger partial charge in [-0.2, -0.15) is 5.21 Å². The summed E-state index contributed by atoms with van der Waals surface area (Å²) in [6.45, 7) is 1.98. The Morgan fingerprint density at radius 3 is 2.95 bits per heavy atom. The van der Waals surface area contributed by atoms with Crippen LogP contribution in [0, 0.1) is 6.92 Å². The molecule has 0 aliphatic carbocycles. The highest BCUT2D eigenvalue weighted by Gasteiger charge is 2.16. The highest BCUT2D eigenvalue weighted by atomic mass is 32.1. The third-order valence-corrected chi connectivity index (χ3v) is 3.57. The predicted molar refractivity (Wildman–Crippen MR) is 73.1 cm³/mol. The zero-order valence-corrected chi connectivity index (χ0v) is 10.8. The van der Waals surface area contributed by atoms with Gasteiger partial charge in [0, 0.05) is 0 Å². The minimum atomic E-state index is -0.428. The topological polar surface area (TPSA) is 110 Å². The molecular formula is C11H10N6OS. The van der Waals surface area contributed by atoms with Crippen LogP contribution in [-0.2, 0) is 0 Å². The molecular weight excluding hydrogens is 264 g/mol. The molecule has 0 spiro atoms. The van der Waals surface area contributed by atoms with Crippen LogP contribution in [0.25, 0.3) is 10.2 Å². The van der Waals surface area contributed by atoms with Crippen molar-refractivity contribution in [3.8, 4) is 0 Å². The molecule has 0 fully saturated rings. The van der Waals surface area contributed by atoms with Crippen LogP contribution in [0.1, 0.15) is 16.1 Å². The van der Waals surface area contributed by atoms with E-state index >= 15 is 0 Å². The zero-order chi connectivity index (χ0) is 13.4. The van der Waals surface area contributed by atoms with Gasteiger partial charge < -0.3 is 5.73 Å². The van der Waals surface area contributed by atoms with Crippen LogP contribution in [0.2, 0.25) is 0 Å². The van der Waals surface area contributed by atoms with Crippen molar-refractivity contribution in [3.05, 3.63) is 29.5 Å².